The van der Waals surface area contributed by atoms with Gasteiger partial charge in [-0.25, -0.2) is 18.4 Å². The van der Waals surface area contributed by atoms with Crippen LogP contribution in [0.15, 0.2) is 41.3 Å². The van der Waals surface area contributed by atoms with Crippen LogP contribution in [0, 0.1) is 11.6 Å². The zero-order valence-corrected chi connectivity index (χ0v) is 24.8. The van der Waals surface area contributed by atoms with Gasteiger partial charge in [-0.2, -0.15) is 0 Å². The van der Waals surface area contributed by atoms with E-state index in [0.717, 1.165) is 18.9 Å². The minimum atomic E-state index is -1.34. The summed E-state index contributed by atoms with van der Waals surface area (Å²) in [4.78, 5) is 42.0. The molecule has 3 N–H and O–H groups in total. The summed E-state index contributed by atoms with van der Waals surface area (Å²) in [6.45, 7) is 4.78. The summed E-state index contributed by atoms with van der Waals surface area (Å²) in [5, 5.41) is 16.0. The molecule has 1 saturated carbocycles. The number of pyridine rings is 1. The maximum absolute atomic E-state index is 15.4. The number of fused-ring (bicyclic) bond motifs is 1. The second-order valence-corrected chi connectivity index (χ2v) is 11.5. The molecule has 14 heteroatoms. The van der Waals surface area contributed by atoms with Gasteiger partial charge in [-0.1, -0.05) is 0 Å². The predicted molar refractivity (Wildman–Crippen MR) is 166 cm³/mol. The molecule has 6 rings (SSSR count). The first-order valence-corrected chi connectivity index (χ1v) is 15.0. The molecular formula is C30H32F2N6O5S. The number of nitrogens with one attached hydrogen (secondary N) is 2. The Kier molecular flexibility index (Phi) is 8.01. The summed E-state index contributed by atoms with van der Waals surface area (Å²) in [7, 11) is 0. The van der Waals surface area contributed by atoms with Crippen LogP contribution in [0.25, 0.3) is 10.9 Å². The van der Waals surface area contributed by atoms with Crippen molar-refractivity contribution in [3.05, 3.63) is 63.9 Å². The lowest BCUT2D eigenvalue weighted by Crippen LogP contribution is -2.47. The van der Waals surface area contributed by atoms with Crippen molar-refractivity contribution in [2.75, 3.05) is 60.5 Å². The average Bonchev–Trinajstić information content (AvgIpc) is 3.77. The number of halogens is 2. The van der Waals surface area contributed by atoms with Gasteiger partial charge in [0.15, 0.2) is 5.11 Å². The van der Waals surface area contributed by atoms with Gasteiger partial charge in [0.1, 0.15) is 23.3 Å². The molecule has 3 aliphatic rings. The molecular weight excluding hydrogens is 594 g/mol. The maximum atomic E-state index is 15.4. The third-order valence-electron chi connectivity index (χ3n) is 8.18. The van der Waals surface area contributed by atoms with Crippen molar-refractivity contribution in [3.8, 4) is 0 Å². The van der Waals surface area contributed by atoms with E-state index < -0.39 is 35.2 Å². The molecule has 0 bridgehead atoms. The number of ether oxygens (including phenoxy) is 1. The van der Waals surface area contributed by atoms with Crippen LogP contribution in [0.4, 0.5) is 30.6 Å². The van der Waals surface area contributed by atoms with Crippen LogP contribution < -0.4 is 30.8 Å². The zero-order valence-electron chi connectivity index (χ0n) is 24.0. The van der Waals surface area contributed by atoms with Crippen molar-refractivity contribution in [3.63, 3.8) is 0 Å². The van der Waals surface area contributed by atoms with Crippen molar-refractivity contribution >= 4 is 57.4 Å². The SMILES string of the molecule is CCNC(=S)NCC1CN(c2ccc(N3CCN(c4cc5c(cc4F)c(=O)c(C(=O)O)cn5C4CC4)CC3)c(F)c2)C(=O)O1. The van der Waals surface area contributed by atoms with Crippen molar-refractivity contribution in [1.82, 2.24) is 15.2 Å². The number of rotatable bonds is 8. The Morgan fingerprint density at radius 3 is 2.34 bits per heavy atom. The van der Waals surface area contributed by atoms with Crippen LogP contribution in [0.1, 0.15) is 36.2 Å². The highest BCUT2D eigenvalue weighted by Crippen LogP contribution is 2.38. The number of anilines is 3. The van der Waals surface area contributed by atoms with E-state index in [9.17, 15) is 19.5 Å². The Balaban J connectivity index is 1.14. The first-order chi connectivity index (χ1) is 21.1. The highest BCUT2D eigenvalue weighted by atomic mass is 32.1. The Morgan fingerprint density at radius 1 is 1.02 bits per heavy atom. The number of amides is 1. The van der Waals surface area contributed by atoms with Crippen molar-refractivity contribution in [2.45, 2.75) is 31.9 Å². The van der Waals surface area contributed by atoms with Crippen LogP contribution in [0.2, 0.25) is 0 Å². The van der Waals surface area contributed by atoms with Gasteiger partial charge in [0.25, 0.3) is 0 Å². The molecule has 2 aromatic carbocycles. The van der Waals surface area contributed by atoms with Gasteiger partial charge >= 0.3 is 12.1 Å². The van der Waals surface area contributed by atoms with E-state index in [2.05, 4.69) is 10.6 Å². The van der Waals surface area contributed by atoms with Gasteiger partial charge in [-0.3, -0.25) is 9.69 Å². The molecule has 3 fully saturated rings. The van der Waals surface area contributed by atoms with Gasteiger partial charge < -0.3 is 34.8 Å². The summed E-state index contributed by atoms with van der Waals surface area (Å²) in [6.07, 6.45) is 2.07. The molecule has 2 saturated heterocycles. The molecule has 2 aliphatic heterocycles. The van der Waals surface area contributed by atoms with E-state index in [1.165, 1.54) is 17.2 Å². The van der Waals surface area contributed by atoms with Crippen LogP contribution in [0.3, 0.4) is 0 Å². The molecule has 1 unspecified atom stereocenters. The van der Waals surface area contributed by atoms with Gasteiger partial charge in [0.2, 0.25) is 5.43 Å². The number of carbonyl (C=O) groups is 2. The number of hydrogen-bond acceptors (Lipinski definition) is 7. The molecule has 0 radical (unpaired) electrons. The largest absolute Gasteiger partial charge is 0.477 e. The van der Waals surface area contributed by atoms with E-state index >= 15 is 8.78 Å². The van der Waals surface area contributed by atoms with Crippen LogP contribution in [-0.4, -0.2) is 78.8 Å². The minimum absolute atomic E-state index is 0.0419. The number of piperazine rings is 1. The molecule has 3 aromatic rings. The maximum Gasteiger partial charge on any atom is 0.414 e. The van der Waals surface area contributed by atoms with Crippen LogP contribution in [-0.2, 0) is 4.74 Å². The minimum Gasteiger partial charge on any atom is -0.477 e. The smallest absolute Gasteiger partial charge is 0.414 e. The van der Waals surface area contributed by atoms with E-state index in [0.29, 0.717) is 67.0 Å². The fraction of sp³-hybridized carbons (Fsp3) is 0.400. The zero-order chi connectivity index (χ0) is 31.1. The van der Waals surface area contributed by atoms with E-state index in [-0.39, 0.29) is 23.5 Å². The molecule has 1 aliphatic carbocycles. The van der Waals surface area contributed by atoms with E-state index in [4.69, 9.17) is 17.0 Å². The number of carbonyl (C=O) groups excluding carboxylic acids is 1. The van der Waals surface area contributed by atoms with Gasteiger partial charge in [-0.15, -0.1) is 0 Å². The topological polar surface area (TPSA) is 119 Å². The number of nitrogens with zero attached hydrogens (tertiary/aromatic N) is 4. The van der Waals surface area contributed by atoms with Crippen molar-refractivity contribution in [1.29, 1.82) is 0 Å². The Bertz CT molecular complexity index is 1710. The molecule has 44 heavy (non-hydrogen) atoms. The lowest BCUT2D eigenvalue weighted by Gasteiger charge is -2.37. The Morgan fingerprint density at radius 2 is 1.70 bits per heavy atom. The predicted octanol–water partition coefficient (Wildman–Crippen LogP) is 3.45. The average molecular weight is 627 g/mol. The van der Waals surface area contributed by atoms with E-state index in [1.807, 2.05) is 16.7 Å². The van der Waals surface area contributed by atoms with Crippen molar-refractivity contribution < 1.29 is 28.2 Å². The highest BCUT2D eigenvalue weighted by Gasteiger charge is 2.33. The monoisotopic (exact) mass is 626 g/mol. The summed E-state index contributed by atoms with van der Waals surface area (Å²) >= 11 is 5.14. The van der Waals surface area contributed by atoms with Gasteiger partial charge in [0.05, 0.1) is 35.7 Å². The number of carboxylic acids is 1. The number of hydrogen-bond donors (Lipinski definition) is 3. The number of cyclic esters (lactones) is 1. The van der Waals surface area contributed by atoms with E-state index in [1.54, 1.807) is 22.8 Å². The Labute approximate surface area is 257 Å². The molecule has 3 heterocycles. The molecule has 232 valence electrons. The number of thiocarbonyl (C=S) groups is 1. The van der Waals surface area contributed by atoms with Crippen molar-refractivity contribution in [2.24, 2.45) is 0 Å². The number of aromatic nitrogens is 1. The number of benzene rings is 2. The molecule has 0 spiro atoms. The molecule has 11 nitrogen and oxygen atoms in total. The first-order valence-electron chi connectivity index (χ1n) is 14.6. The third-order valence-corrected chi connectivity index (χ3v) is 8.47. The quantitative estimate of drug-likeness (QED) is 0.321. The summed E-state index contributed by atoms with van der Waals surface area (Å²) in [5.74, 6) is -2.44. The lowest BCUT2D eigenvalue weighted by atomic mass is 10.1. The lowest BCUT2D eigenvalue weighted by molar-refractivity contribution is 0.0694. The summed E-state index contributed by atoms with van der Waals surface area (Å²) < 4.78 is 37.9. The first kappa shape index (κ1) is 29.6. The van der Waals surface area contributed by atoms with Gasteiger partial charge in [-0.05, 0) is 62.3 Å². The highest BCUT2D eigenvalue weighted by molar-refractivity contribution is 7.80. The number of carboxylic acid groups (broad SMARTS) is 1. The van der Waals surface area contributed by atoms with Gasteiger partial charge in [0, 0.05) is 50.3 Å². The standard InChI is InChI=1S/C30H32F2N6O5S/c1-2-33-29(44)34-14-19-15-38(30(42)43-19)18-5-6-24(22(31)11-18)35-7-9-36(10-8-35)26-13-25-20(12-23(26)32)27(39)21(28(40)41)16-37(25)17-3-4-17/h5-6,11-13,16-17,19H,2-4,7-10,14-15H2,1H3,(H,40,41)(H2,33,34,44). The van der Waals surface area contributed by atoms with Crippen LogP contribution in [0.5, 0.6) is 0 Å². The molecule has 1 aromatic heterocycles. The third kappa shape index (κ3) is 5.73. The fourth-order valence-electron chi connectivity index (χ4n) is 5.78. The Hall–Kier alpha value is -4.46. The molecule has 1 amide bonds. The fourth-order valence-corrected chi connectivity index (χ4v) is 6.01. The number of aromatic carboxylic acids is 1. The normalized spacial score (nSPS) is 18.5. The summed E-state index contributed by atoms with van der Waals surface area (Å²) in [6, 6.07) is 7.44. The second kappa shape index (κ2) is 11.9. The summed E-state index contributed by atoms with van der Waals surface area (Å²) in [5.41, 5.74) is 0.493. The molecule has 1 atom stereocenters. The second-order valence-electron chi connectivity index (χ2n) is 11.1. The van der Waals surface area contributed by atoms with Crippen LogP contribution >= 0.6 is 12.2 Å².